The summed E-state index contributed by atoms with van der Waals surface area (Å²) in [5, 5.41) is 3.98. The van der Waals surface area contributed by atoms with E-state index in [1.807, 2.05) is 0 Å². The maximum atomic E-state index is 14.8. The van der Waals surface area contributed by atoms with Crippen LogP contribution in [0.25, 0.3) is 0 Å². The highest BCUT2D eigenvalue weighted by Crippen LogP contribution is 2.45. The zero-order chi connectivity index (χ0) is 23.3. The molecule has 0 spiro atoms. The van der Waals surface area contributed by atoms with E-state index in [4.69, 9.17) is 0 Å². The average molecular weight is 456 g/mol. The first-order valence-corrected chi connectivity index (χ1v) is 9.36. The van der Waals surface area contributed by atoms with Crippen LogP contribution in [0.1, 0.15) is 36.1 Å². The number of nitrogens with one attached hydrogen (secondary N) is 2. The third-order valence-electron chi connectivity index (χ3n) is 5.07. The number of benzene rings is 1. The van der Waals surface area contributed by atoms with Crippen LogP contribution in [0, 0.1) is 23.6 Å². The van der Waals surface area contributed by atoms with Gasteiger partial charge in [-0.1, -0.05) is 11.8 Å². The van der Waals surface area contributed by atoms with Crippen LogP contribution in [0.3, 0.4) is 0 Å². The Morgan fingerprint density at radius 2 is 1.94 bits per heavy atom. The Morgan fingerprint density at radius 1 is 1.22 bits per heavy atom. The molecule has 168 valence electrons. The fraction of sp³-hybridized carbons (Fsp3) is 0.350. The van der Waals surface area contributed by atoms with Crippen LogP contribution in [0.2, 0.25) is 0 Å². The summed E-state index contributed by atoms with van der Waals surface area (Å²) >= 11 is 0. The van der Waals surface area contributed by atoms with E-state index in [-0.39, 0.29) is 17.2 Å². The van der Waals surface area contributed by atoms with Crippen LogP contribution in [0.15, 0.2) is 29.3 Å². The van der Waals surface area contributed by atoms with Crippen molar-refractivity contribution in [3.8, 4) is 11.8 Å². The van der Waals surface area contributed by atoms with Crippen molar-refractivity contribution in [2.24, 2.45) is 5.92 Å². The first-order chi connectivity index (χ1) is 15.0. The van der Waals surface area contributed by atoms with Gasteiger partial charge in [-0.2, -0.15) is 13.2 Å². The zero-order valence-corrected chi connectivity index (χ0v) is 16.1. The second-order valence-corrected chi connectivity index (χ2v) is 7.44. The Kier molecular flexibility index (Phi) is 5.15. The van der Waals surface area contributed by atoms with Gasteiger partial charge in [0.1, 0.15) is 11.5 Å². The van der Waals surface area contributed by atoms with Crippen molar-refractivity contribution in [3.63, 3.8) is 0 Å². The second kappa shape index (κ2) is 7.58. The standard InChI is InChI=1S/C20H14F6N4O2/c21-13-6-12-14(5-11(13)8-30-9-27-15(17(22)23)7-16(30)31)28-18(32)29-19(12,20(24,25)26)4-3-10-1-2-10/h5-7,9-10,17H,1-2,8H2,(H2,28,29,32)/t19-/m0/s1. The highest BCUT2D eigenvalue weighted by atomic mass is 19.4. The minimum atomic E-state index is -5.05. The summed E-state index contributed by atoms with van der Waals surface area (Å²) in [4.78, 5) is 27.5. The third kappa shape index (κ3) is 3.90. The fourth-order valence-electron chi connectivity index (χ4n) is 3.24. The van der Waals surface area contributed by atoms with Crippen LogP contribution in [0.4, 0.5) is 36.8 Å². The van der Waals surface area contributed by atoms with E-state index in [2.05, 4.69) is 22.1 Å². The normalized spacial score (nSPS) is 20.2. The Labute approximate surface area is 176 Å². The monoisotopic (exact) mass is 456 g/mol. The van der Waals surface area contributed by atoms with E-state index in [0.717, 1.165) is 17.0 Å². The summed E-state index contributed by atoms with van der Waals surface area (Å²) < 4.78 is 83.2. The molecule has 0 saturated heterocycles. The van der Waals surface area contributed by atoms with Gasteiger partial charge in [0.25, 0.3) is 12.0 Å². The molecule has 6 nitrogen and oxygen atoms in total. The first kappa shape index (κ1) is 21.7. The molecular formula is C20H14F6N4O2. The molecule has 1 aromatic heterocycles. The summed E-state index contributed by atoms with van der Waals surface area (Å²) in [5.74, 6) is 3.26. The number of alkyl halides is 5. The molecule has 0 unspecified atom stereocenters. The van der Waals surface area contributed by atoms with Crippen molar-refractivity contribution in [2.45, 2.75) is 37.5 Å². The van der Waals surface area contributed by atoms with Crippen LogP contribution >= 0.6 is 0 Å². The molecule has 12 heteroatoms. The lowest BCUT2D eigenvalue weighted by Gasteiger charge is -2.37. The van der Waals surface area contributed by atoms with E-state index in [0.29, 0.717) is 25.0 Å². The maximum Gasteiger partial charge on any atom is 0.427 e. The lowest BCUT2D eigenvalue weighted by Crippen LogP contribution is -2.59. The molecule has 0 bridgehead atoms. The average Bonchev–Trinajstić information content (AvgIpc) is 3.52. The van der Waals surface area contributed by atoms with Gasteiger partial charge < -0.3 is 10.6 Å². The largest absolute Gasteiger partial charge is 0.427 e. The molecule has 2 aromatic rings. The molecule has 2 heterocycles. The van der Waals surface area contributed by atoms with Gasteiger partial charge in [-0.15, -0.1) is 0 Å². The Bertz CT molecular complexity index is 1210. The molecular weight excluding hydrogens is 442 g/mol. The van der Waals surface area contributed by atoms with Crippen LogP contribution < -0.4 is 16.2 Å². The molecule has 2 amide bonds. The number of carbonyl (C=O) groups excluding carboxylic acids is 1. The van der Waals surface area contributed by atoms with E-state index in [9.17, 15) is 35.9 Å². The highest BCUT2D eigenvalue weighted by molar-refractivity contribution is 5.95. The number of hydrogen-bond donors (Lipinski definition) is 2. The second-order valence-electron chi connectivity index (χ2n) is 7.44. The number of aromatic nitrogens is 2. The van der Waals surface area contributed by atoms with Gasteiger partial charge in [-0.25, -0.2) is 22.9 Å². The molecule has 32 heavy (non-hydrogen) atoms. The van der Waals surface area contributed by atoms with Gasteiger partial charge in [0.2, 0.25) is 5.54 Å². The number of anilines is 1. The van der Waals surface area contributed by atoms with Crippen LogP contribution in [-0.2, 0) is 12.1 Å². The molecule has 1 aliphatic heterocycles. The predicted molar refractivity (Wildman–Crippen MR) is 99.3 cm³/mol. The number of hydrogen-bond acceptors (Lipinski definition) is 3. The van der Waals surface area contributed by atoms with Crippen molar-refractivity contribution in [1.82, 2.24) is 14.9 Å². The molecule has 2 aliphatic rings. The van der Waals surface area contributed by atoms with E-state index >= 15 is 0 Å². The molecule has 1 atom stereocenters. The summed E-state index contributed by atoms with van der Waals surface area (Å²) in [7, 11) is 0. The van der Waals surface area contributed by atoms with Gasteiger partial charge >= 0.3 is 12.2 Å². The number of halogens is 6. The molecule has 1 aromatic carbocycles. The van der Waals surface area contributed by atoms with E-state index in [1.54, 1.807) is 5.32 Å². The minimum Gasteiger partial charge on any atom is -0.310 e. The minimum absolute atomic E-state index is 0.218. The lowest BCUT2D eigenvalue weighted by molar-refractivity contribution is -0.178. The van der Waals surface area contributed by atoms with Crippen molar-refractivity contribution >= 4 is 11.7 Å². The molecule has 1 fully saturated rings. The van der Waals surface area contributed by atoms with Gasteiger partial charge in [-0.05, 0) is 25.0 Å². The Balaban J connectivity index is 1.78. The molecule has 1 aliphatic carbocycles. The summed E-state index contributed by atoms with van der Waals surface area (Å²) in [6.07, 6.45) is -5.97. The van der Waals surface area contributed by atoms with Crippen molar-refractivity contribution in [1.29, 1.82) is 0 Å². The quantitative estimate of drug-likeness (QED) is 0.547. The fourth-order valence-corrected chi connectivity index (χ4v) is 3.24. The SMILES string of the molecule is O=C1Nc2cc(Cn3cnc(C(F)F)cc3=O)c(F)cc2[C@@](C#CC2CC2)(C(F)(F)F)N1. The highest BCUT2D eigenvalue weighted by Gasteiger charge is 2.59. The maximum absolute atomic E-state index is 14.8. The van der Waals surface area contributed by atoms with Crippen molar-refractivity contribution in [3.05, 3.63) is 57.5 Å². The van der Waals surface area contributed by atoms with Crippen LogP contribution in [-0.4, -0.2) is 21.8 Å². The van der Waals surface area contributed by atoms with Gasteiger partial charge in [0.05, 0.1) is 12.9 Å². The topological polar surface area (TPSA) is 76.0 Å². The number of urea groups is 1. The van der Waals surface area contributed by atoms with Crippen molar-refractivity contribution < 1.29 is 31.1 Å². The Morgan fingerprint density at radius 3 is 2.53 bits per heavy atom. The van der Waals surface area contributed by atoms with Gasteiger partial charge in [0, 0.05) is 28.8 Å². The van der Waals surface area contributed by atoms with E-state index in [1.165, 1.54) is 0 Å². The smallest absolute Gasteiger partial charge is 0.310 e. The number of amides is 2. The third-order valence-corrected chi connectivity index (χ3v) is 5.07. The summed E-state index contributed by atoms with van der Waals surface area (Å²) in [6, 6.07) is 0.945. The molecule has 1 saturated carbocycles. The van der Waals surface area contributed by atoms with Gasteiger partial charge in [-0.3, -0.25) is 9.36 Å². The van der Waals surface area contributed by atoms with Crippen molar-refractivity contribution in [2.75, 3.05) is 5.32 Å². The number of carbonyl (C=O) groups is 1. The number of rotatable bonds is 3. The first-order valence-electron chi connectivity index (χ1n) is 9.36. The van der Waals surface area contributed by atoms with E-state index < -0.39 is 53.4 Å². The lowest BCUT2D eigenvalue weighted by atomic mass is 9.85. The summed E-state index contributed by atoms with van der Waals surface area (Å²) in [6.45, 7) is -0.509. The molecule has 4 rings (SSSR count). The van der Waals surface area contributed by atoms with Crippen LogP contribution in [0.5, 0.6) is 0 Å². The number of fused-ring (bicyclic) bond motifs is 1. The summed E-state index contributed by atoms with van der Waals surface area (Å²) in [5.41, 5.74) is -6.00. The van der Waals surface area contributed by atoms with Gasteiger partial charge in [0.15, 0.2) is 0 Å². The molecule has 0 radical (unpaired) electrons. The zero-order valence-electron chi connectivity index (χ0n) is 16.1. The Hall–Kier alpha value is -3.49. The number of nitrogens with zero attached hydrogens (tertiary/aromatic N) is 2. The molecule has 2 N–H and O–H groups in total. The predicted octanol–water partition coefficient (Wildman–Crippen LogP) is 3.67.